The van der Waals surface area contributed by atoms with Crippen LogP contribution in [0, 0.1) is 5.92 Å². The Labute approximate surface area is 235 Å². The Morgan fingerprint density at radius 3 is 2.42 bits per heavy atom. The molecule has 10 nitrogen and oxygen atoms in total. The molecule has 2 unspecified atom stereocenters. The van der Waals surface area contributed by atoms with E-state index in [4.69, 9.17) is 0 Å². The molecule has 216 valence electrons. The first-order valence-electron chi connectivity index (χ1n) is 14.5. The second kappa shape index (κ2) is 11.7. The van der Waals surface area contributed by atoms with E-state index < -0.39 is 17.8 Å². The van der Waals surface area contributed by atoms with Gasteiger partial charge in [-0.3, -0.25) is 24.7 Å². The van der Waals surface area contributed by atoms with Crippen LogP contribution in [0.15, 0.2) is 34.4 Å². The van der Waals surface area contributed by atoms with Gasteiger partial charge in [0.05, 0.1) is 11.6 Å². The van der Waals surface area contributed by atoms with Crippen molar-refractivity contribution in [3.63, 3.8) is 0 Å². The molecule has 2 amide bonds. The molecule has 2 heterocycles. The van der Waals surface area contributed by atoms with Crippen LogP contribution >= 0.6 is 0 Å². The van der Waals surface area contributed by atoms with Gasteiger partial charge < -0.3 is 20.0 Å². The number of anilines is 1. The zero-order valence-corrected chi connectivity index (χ0v) is 23.7. The highest BCUT2D eigenvalue weighted by molar-refractivity contribution is 6.50. The van der Waals surface area contributed by atoms with Gasteiger partial charge in [0, 0.05) is 37.3 Å². The molecule has 0 bridgehead atoms. The van der Waals surface area contributed by atoms with Gasteiger partial charge in [0.25, 0.3) is 11.8 Å². The summed E-state index contributed by atoms with van der Waals surface area (Å²) in [4.78, 5) is 44.8. The van der Waals surface area contributed by atoms with Crippen molar-refractivity contribution in [2.75, 3.05) is 39.2 Å². The maximum absolute atomic E-state index is 13.8. The van der Waals surface area contributed by atoms with E-state index in [0.717, 1.165) is 38.8 Å². The average Bonchev–Trinajstić information content (AvgIpc) is 3.78. The lowest BCUT2D eigenvalue weighted by Gasteiger charge is -2.40. The Morgan fingerprint density at radius 2 is 1.77 bits per heavy atom. The van der Waals surface area contributed by atoms with E-state index in [1.807, 2.05) is 25.1 Å². The molecule has 3 fully saturated rings. The first-order valence-corrected chi connectivity index (χ1v) is 14.5. The number of rotatable bonds is 8. The number of para-hydroxylation sites is 1. The molecule has 0 spiro atoms. The highest BCUT2D eigenvalue weighted by atomic mass is 16.4. The lowest BCUT2D eigenvalue weighted by Crippen LogP contribution is -2.56. The first-order chi connectivity index (χ1) is 19.2. The number of carbonyl (C=O) groups excluding carboxylic acids is 2. The smallest absolute Gasteiger partial charge is 0.306 e. The number of likely N-dealkylation sites (tertiary alicyclic amines) is 1. The minimum Gasteiger partial charge on any atom is -0.505 e. The Hall–Kier alpha value is -3.24. The Balaban J connectivity index is 1.40. The zero-order chi connectivity index (χ0) is 28.6. The van der Waals surface area contributed by atoms with Crippen LogP contribution in [0.5, 0.6) is 5.75 Å². The maximum Gasteiger partial charge on any atom is 0.306 e. The van der Waals surface area contributed by atoms with E-state index >= 15 is 0 Å². The standard InChI is InChI=1S/C30H41N5O5/c1-18-24(17-33(2)3)28(37)35(22-12-14-34(15-13-22)21-10-11-21)29(38)26(18)32-31-25-9-5-8-23(27(25)36)19-6-4-7-20(16-19)30(39)40/h5,8-9,19-22,31,36H,4,6-7,10-17H2,1-3H3,(H,39,40)/b32-26+. The van der Waals surface area contributed by atoms with Crippen molar-refractivity contribution in [3.05, 3.63) is 34.9 Å². The number of phenolic OH excluding ortho intramolecular Hbond substituents is 1. The number of hydrazone groups is 1. The number of carbonyl (C=O) groups is 3. The first kappa shape index (κ1) is 28.3. The molecule has 5 rings (SSSR count). The molecular formula is C30H41N5O5. The Bertz CT molecular complexity index is 1230. The third-order valence-corrected chi connectivity index (χ3v) is 8.93. The second-order valence-corrected chi connectivity index (χ2v) is 12.0. The van der Waals surface area contributed by atoms with Gasteiger partial charge in [-0.25, -0.2) is 0 Å². The van der Waals surface area contributed by atoms with Gasteiger partial charge in [-0.1, -0.05) is 18.6 Å². The number of nitrogens with one attached hydrogen (secondary N) is 1. The van der Waals surface area contributed by atoms with E-state index in [2.05, 4.69) is 15.4 Å². The molecule has 1 aromatic carbocycles. The number of hydrogen-bond acceptors (Lipinski definition) is 8. The normalized spacial score (nSPS) is 26.2. The topological polar surface area (TPSA) is 126 Å². The van der Waals surface area contributed by atoms with E-state index in [1.165, 1.54) is 17.7 Å². The van der Waals surface area contributed by atoms with Crippen LogP contribution in [0.3, 0.4) is 0 Å². The largest absolute Gasteiger partial charge is 0.505 e. The average molecular weight is 552 g/mol. The van der Waals surface area contributed by atoms with Crippen LogP contribution in [0.25, 0.3) is 0 Å². The van der Waals surface area contributed by atoms with Crippen molar-refractivity contribution < 1.29 is 24.6 Å². The number of carboxylic acid groups (broad SMARTS) is 1. The van der Waals surface area contributed by atoms with Gasteiger partial charge in [-0.15, -0.1) is 0 Å². The molecule has 4 aliphatic rings. The second-order valence-electron chi connectivity index (χ2n) is 12.0. The quantitative estimate of drug-likeness (QED) is 0.255. The number of aliphatic carboxylic acids is 1. The van der Waals surface area contributed by atoms with Crippen molar-refractivity contribution in [2.45, 2.75) is 76.3 Å². The molecule has 3 N–H and O–H groups in total. The van der Waals surface area contributed by atoms with Gasteiger partial charge in [0.2, 0.25) is 0 Å². The summed E-state index contributed by atoms with van der Waals surface area (Å²) in [6.45, 7) is 3.91. The summed E-state index contributed by atoms with van der Waals surface area (Å²) >= 11 is 0. The number of imide groups is 1. The van der Waals surface area contributed by atoms with Gasteiger partial charge in [0.1, 0.15) is 5.75 Å². The van der Waals surface area contributed by atoms with Gasteiger partial charge in [0.15, 0.2) is 5.71 Å². The molecule has 10 heteroatoms. The highest BCUT2D eigenvalue weighted by Gasteiger charge is 2.43. The number of amides is 2. The van der Waals surface area contributed by atoms with Crippen LogP contribution in [0.2, 0.25) is 0 Å². The van der Waals surface area contributed by atoms with Crippen LogP contribution in [0.4, 0.5) is 5.69 Å². The summed E-state index contributed by atoms with van der Waals surface area (Å²) in [6.07, 6.45) is 6.70. The summed E-state index contributed by atoms with van der Waals surface area (Å²) in [7, 11) is 3.78. The van der Waals surface area contributed by atoms with Crippen LogP contribution in [-0.2, 0) is 14.4 Å². The molecule has 1 aromatic rings. The fourth-order valence-electron chi connectivity index (χ4n) is 6.52. The molecular weight excluding hydrogens is 510 g/mol. The summed E-state index contributed by atoms with van der Waals surface area (Å²) in [6, 6.07) is 5.80. The van der Waals surface area contributed by atoms with Gasteiger partial charge in [-0.05, 0) is 89.1 Å². The number of aromatic hydroxyl groups is 1. The molecule has 0 radical (unpaired) electrons. The molecule has 2 atom stereocenters. The molecule has 40 heavy (non-hydrogen) atoms. The van der Waals surface area contributed by atoms with Crippen molar-refractivity contribution >= 4 is 29.2 Å². The van der Waals surface area contributed by atoms with Crippen molar-refractivity contribution in [2.24, 2.45) is 11.0 Å². The molecule has 2 saturated carbocycles. The third-order valence-electron chi connectivity index (χ3n) is 8.93. The maximum atomic E-state index is 13.8. The number of nitrogens with zero attached hydrogens (tertiary/aromatic N) is 4. The fourth-order valence-corrected chi connectivity index (χ4v) is 6.52. The minimum absolute atomic E-state index is 0.0154. The predicted octanol–water partition coefficient (Wildman–Crippen LogP) is 3.39. The van der Waals surface area contributed by atoms with E-state index in [-0.39, 0.29) is 29.3 Å². The number of benzene rings is 1. The number of hydrogen-bond donors (Lipinski definition) is 3. The van der Waals surface area contributed by atoms with E-state index in [0.29, 0.717) is 47.8 Å². The van der Waals surface area contributed by atoms with Crippen LogP contribution in [0.1, 0.15) is 69.8 Å². The van der Waals surface area contributed by atoms with E-state index in [9.17, 15) is 24.6 Å². The molecule has 0 aromatic heterocycles. The summed E-state index contributed by atoms with van der Waals surface area (Å²) in [5, 5.41) is 25.1. The van der Waals surface area contributed by atoms with Gasteiger partial charge >= 0.3 is 5.97 Å². The highest BCUT2D eigenvalue weighted by Crippen LogP contribution is 2.42. The van der Waals surface area contributed by atoms with E-state index in [1.54, 1.807) is 19.1 Å². The lowest BCUT2D eigenvalue weighted by molar-refractivity contribution is -0.144. The van der Waals surface area contributed by atoms with Crippen molar-refractivity contribution in [1.29, 1.82) is 0 Å². The van der Waals surface area contributed by atoms with Crippen LogP contribution in [-0.4, -0.2) is 94.2 Å². The molecule has 1 saturated heterocycles. The number of piperidine rings is 1. The summed E-state index contributed by atoms with van der Waals surface area (Å²) < 4.78 is 0. The van der Waals surface area contributed by atoms with Crippen LogP contribution < -0.4 is 5.43 Å². The number of carboxylic acids is 1. The summed E-state index contributed by atoms with van der Waals surface area (Å²) in [5.41, 5.74) is 5.20. The zero-order valence-electron chi connectivity index (χ0n) is 23.7. The monoisotopic (exact) mass is 551 g/mol. The lowest BCUT2D eigenvalue weighted by atomic mass is 9.77. The number of likely N-dealkylation sites (N-methyl/N-ethyl adjacent to an activating group) is 1. The fraction of sp³-hybridized carbons (Fsp3) is 0.600. The predicted molar refractivity (Wildman–Crippen MR) is 152 cm³/mol. The van der Waals surface area contributed by atoms with Crippen molar-refractivity contribution in [3.8, 4) is 5.75 Å². The number of phenols is 1. The Kier molecular flexibility index (Phi) is 8.28. The SMILES string of the molecule is CC1=C(CN(C)C)C(=O)N(C2CCN(C3CC3)CC2)C(=O)/C1=N/Nc1cccc(C2CCCC(C(=O)O)C2)c1O. The Morgan fingerprint density at radius 1 is 1.05 bits per heavy atom. The minimum atomic E-state index is -0.797. The van der Waals surface area contributed by atoms with Gasteiger partial charge in [-0.2, -0.15) is 5.10 Å². The van der Waals surface area contributed by atoms with Crippen molar-refractivity contribution in [1.82, 2.24) is 14.7 Å². The summed E-state index contributed by atoms with van der Waals surface area (Å²) in [5.74, 6) is -1.92. The molecule has 2 aliphatic carbocycles. The molecule has 2 aliphatic heterocycles. The third kappa shape index (κ3) is 5.78.